The number of benzene rings is 1. The molecule has 4 aromatic rings. The standard InChI is InChI=1S/C27H28N2O4/c1-20-12-15-24(23-14-13-21(18-28-23)25-10-7-17-33-25)29(20)19-22-8-4-5-9-26(22)32-16-6-2-3-11-27(30)31/h4-5,7-10,12-15,17-18H,2-3,6,11,16,19H2,1H3,(H,30,31). The lowest BCUT2D eigenvalue weighted by molar-refractivity contribution is -0.137. The Morgan fingerprint density at radius 2 is 1.91 bits per heavy atom. The van der Waals surface area contributed by atoms with Crippen LogP contribution in [0.25, 0.3) is 22.7 Å². The lowest BCUT2D eigenvalue weighted by Crippen LogP contribution is -2.07. The monoisotopic (exact) mass is 444 g/mol. The second kappa shape index (κ2) is 10.7. The van der Waals surface area contributed by atoms with Crippen molar-refractivity contribution < 1.29 is 19.1 Å². The normalized spacial score (nSPS) is 10.9. The molecule has 1 aromatic carbocycles. The average Bonchev–Trinajstić information content (AvgIpc) is 3.48. The Bertz CT molecular complexity index is 1180. The van der Waals surface area contributed by atoms with Crippen LogP contribution in [0.4, 0.5) is 0 Å². The number of para-hydroxylation sites is 1. The predicted octanol–water partition coefficient (Wildman–Crippen LogP) is 6.19. The second-order valence-corrected chi connectivity index (χ2v) is 8.02. The van der Waals surface area contributed by atoms with Crippen molar-refractivity contribution in [2.45, 2.75) is 39.2 Å². The molecule has 0 saturated heterocycles. The third kappa shape index (κ3) is 5.71. The number of rotatable bonds is 11. The molecule has 6 nitrogen and oxygen atoms in total. The van der Waals surface area contributed by atoms with Crippen molar-refractivity contribution in [3.05, 3.63) is 84.4 Å². The molecule has 0 atom stereocenters. The number of unbranched alkanes of at least 4 members (excludes halogenated alkanes) is 2. The molecule has 3 aromatic heterocycles. The summed E-state index contributed by atoms with van der Waals surface area (Å²) in [7, 11) is 0. The summed E-state index contributed by atoms with van der Waals surface area (Å²) in [6, 6.07) is 20.1. The summed E-state index contributed by atoms with van der Waals surface area (Å²) < 4.78 is 13.8. The predicted molar refractivity (Wildman–Crippen MR) is 127 cm³/mol. The highest BCUT2D eigenvalue weighted by molar-refractivity contribution is 5.66. The Balaban J connectivity index is 1.46. The van der Waals surface area contributed by atoms with Crippen LogP contribution in [0.2, 0.25) is 0 Å². The highest BCUT2D eigenvalue weighted by atomic mass is 16.5. The largest absolute Gasteiger partial charge is 0.493 e. The van der Waals surface area contributed by atoms with E-state index in [2.05, 4.69) is 34.7 Å². The molecule has 0 spiro atoms. The first-order valence-corrected chi connectivity index (χ1v) is 11.2. The van der Waals surface area contributed by atoms with E-state index in [0.29, 0.717) is 19.6 Å². The van der Waals surface area contributed by atoms with Crippen LogP contribution in [0.5, 0.6) is 5.75 Å². The van der Waals surface area contributed by atoms with Crippen molar-refractivity contribution in [3.63, 3.8) is 0 Å². The van der Waals surface area contributed by atoms with Crippen LogP contribution in [0.3, 0.4) is 0 Å². The number of carboxylic acids is 1. The number of pyridine rings is 1. The summed E-state index contributed by atoms with van der Waals surface area (Å²) in [5.74, 6) is 0.912. The van der Waals surface area contributed by atoms with Crippen molar-refractivity contribution in [1.82, 2.24) is 9.55 Å². The number of nitrogens with zero attached hydrogens (tertiary/aromatic N) is 2. The fourth-order valence-corrected chi connectivity index (χ4v) is 3.82. The molecule has 0 aliphatic heterocycles. The third-order valence-corrected chi connectivity index (χ3v) is 5.62. The van der Waals surface area contributed by atoms with Crippen LogP contribution in [-0.4, -0.2) is 27.2 Å². The van der Waals surface area contributed by atoms with Gasteiger partial charge in [-0.05, 0) is 68.7 Å². The molecule has 0 unspecified atom stereocenters. The molecule has 0 radical (unpaired) electrons. The molecular weight excluding hydrogens is 416 g/mol. The fourth-order valence-electron chi connectivity index (χ4n) is 3.82. The highest BCUT2D eigenvalue weighted by Gasteiger charge is 2.12. The maximum absolute atomic E-state index is 10.6. The smallest absolute Gasteiger partial charge is 0.303 e. The summed E-state index contributed by atoms with van der Waals surface area (Å²) in [6.45, 7) is 3.33. The number of ether oxygens (including phenoxy) is 1. The zero-order valence-electron chi connectivity index (χ0n) is 18.7. The first-order chi connectivity index (χ1) is 16.1. The van der Waals surface area contributed by atoms with Gasteiger partial charge >= 0.3 is 5.97 Å². The van der Waals surface area contributed by atoms with Crippen molar-refractivity contribution in [2.24, 2.45) is 0 Å². The molecule has 33 heavy (non-hydrogen) atoms. The van der Waals surface area contributed by atoms with E-state index in [1.165, 1.54) is 0 Å². The van der Waals surface area contributed by atoms with E-state index in [1.807, 2.05) is 48.7 Å². The second-order valence-electron chi connectivity index (χ2n) is 8.02. The maximum Gasteiger partial charge on any atom is 0.303 e. The van der Waals surface area contributed by atoms with Crippen LogP contribution in [0, 0.1) is 6.92 Å². The van der Waals surface area contributed by atoms with Crippen molar-refractivity contribution >= 4 is 5.97 Å². The lowest BCUT2D eigenvalue weighted by atomic mass is 10.1. The summed E-state index contributed by atoms with van der Waals surface area (Å²) in [5.41, 5.74) is 5.12. The first kappa shape index (κ1) is 22.4. The number of hydrogen-bond acceptors (Lipinski definition) is 4. The number of aliphatic carboxylic acids is 1. The van der Waals surface area contributed by atoms with Gasteiger partial charge in [-0.2, -0.15) is 0 Å². The minimum Gasteiger partial charge on any atom is -0.493 e. The summed E-state index contributed by atoms with van der Waals surface area (Å²) in [6.07, 6.45) is 6.06. The van der Waals surface area contributed by atoms with E-state index >= 15 is 0 Å². The van der Waals surface area contributed by atoms with Gasteiger partial charge < -0.3 is 18.8 Å². The quantitative estimate of drug-likeness (QED) is 0.279. The number of aryl methyl sites for hydroxylation is 1. The van der Waals surface area contributed by atoms with E-state index in [4.69, 9.17) is 14.3 Å². The molecule has 6 heteroatoms. The Kier molecular flexibility index (Phi) is 7.25. The number of carboxylic acid groups (broad SMARTS) is 1. The van der Waals surface area contributed by atoms with Gasteiger partial charge in [0.1, 0.15) is 11.5 Å². The summed E-state index contributed by atoms with van der Waals surface area (Å²) in [4.78, 5) is 15.3. The first-order valence-electron chi connectivity index (χ1n) is 11.2. The van der Waals surface area contributed by atoms with Gasteiger partial charge in [0.2, 0.25) is 0 Å². The number of carbonyl (C=O) groups is 1. The number of hydrogen-bond donors (Lipinski definition) is 1. The van der Waals surface area contributed by atoms with Crippen LogP contribution < -0.4 is 4.74 Å². The minimum absolute atomic E-state index is 0.211. The Hall–Kier alpha value is -3.80. The van der Waals surface area contributed by atoms with Gasteiger partial charge in [-0.1, -0.05) is 18.2 Å². The number of furan rings is 1. The van der Waals surface area contributed by atoms with E-state index in [0.717, 1.165) is 52.6 Å². The van der Waals surface area contributed by atoms with Crippen molar-refractivity contribution in [2.75, 3.05) is 6.61 Å². The SMILES string of the molecule is Cc1ccc(-c2ccc(-c3ccco3)cn2)n1Cc1ccccc1OCCCCCC(=O)O. The molecule has 0 fully saturated rings. The Morgan fingerprint density at radius 1 is 1.03 bits per heavy atom. The molecule has 1 N–H and O–H groups in total. The molecule has 3 heterocycles. The van der Waals surface area contributed by atoms with Crippen LogP contribution in [-0.2, 0) is 11.3 Å². The highest BCUT2D eigenvalue weighted by Crippen LogP contribution is 2.27. The van der Waals surface area contributed by atoms with Crippen molar-refractivity contribution in [1.29, 1.82) is 0 Å². The van der Waals surface area contributed by atoms with Crippen LogP contribution in [0.1, 0.15) is 36.9 Å². The molecule has 0 saturated carbocycles. The average molecular weight is 445 g/mol. The van der Waals surface area contributed by atoms with Crippen LogP contribution in [0.15, 0.2) is 77.5 Å². The molecule has 0 aliphatic carbocycles. The zero-order valence-corrected chi connectivity index (χ0v) is 18.7. The Labute approximate surface area is 193 Å². The van der Waals surface area contributed by atoms with Gasteiger partial charge in [0.25, 0.3) is 0 Å². The van der Waals surface area contributed by atoms with E-state index < -0.39 is 5.97 Å². The van der Waals surface area contributed by atoms with E-state index in [1.54, 1.807) is 6.26 Å². The molecule has 4 rings (SSSR count). The van der Waals surface area contributed by atoms with E-state index in [-0.39, 0.29) is 6.42 Å². The molecule has 0 bridgehead atoms. The lowest BCUT2D eigenvalue weighted by Gasteiger charge is -2.15. The maximum atomic E-state index is 10.6. The Morgan fingerprint density at radius 3 is 2.67 bits per heavy atom. The summed E-state index contributed by atoms with van der Waals surface area (Å²) >= 11 is 0. The van der Waals surface area contributed by atoms with Gasteiger partial charge in [-0.3, -0.25) is 9.78 Å². The molecule has 0 amide bonds. The van der Waals surface area contributed by atoms with E-state index in [9.17, 15) is 4.79 Å². The van der Waals surface area contributed by atoms with Gasteiger partial charge in [0.15, 0.2) is 0 Å². The third-order valence-electron chi connectivity index (χ3n) is 5.62. The minimum atomic E-state index is -0.746. The number of aromatic nitrogens is 2. The van der Waals surface area contributed by atoms with Gasteiger partial charge in [-0.15, -0.1) is 0 Å². The zero-order chi connectivity index (χ0) is 23.0. The molecule has 0 aliphatic rings. The summed E-state index contributed by atoms with van der Waals surface area (Å²) in [5, 5.41) is 8.75. The molecule has 170 valence electrons. The topological polar surface area (TPSA) is 77.5 Å². The fraction of sp³-hybridized carbons (Fsp3) is 0.259. The van der Waals surface area contributed by atoms with Crippen LogP contribution >= 0.6 is 0 Å². The van der Waals surface area contributed by atoms with Gasteiger partial charge in [-0.25, -0.2) is 0 Å². The van der Waals surface area contributed by atoms with Crippen molar-refractivity contribution in [3.8, 4) is 28.5 Å². The van der Waals surface area contributed by atoms with Gasteiger partial charge in [0, 0.05) is 29.4 Å². The van der Waals surface area contributed by atoms with Gasteiger partial charge in [0.05, 0.1) is 30.8 Å². The molecular formula is C27H28N2O4.